The Morgan fingerprint density at radius 1 is 1.11 bits per heavy atom. The summed E-state index contributed by atoms with van der Waals surface area (Å²) in [6.07, 6.45) is 6.03. The molecule has 0 unspecified atom stereocenters. The molecule has 0 saturated carbocycles. The highest BCUT2D eigenvalue weighted by Gasteiger charge is 2.03. The summed E-state index contributed by atoms with van der Waals surface area (Å²) in [4.78, 5) is 14.4. The van der Waals surface area contributed by atoms with E-state index in [4.69, 9.17) is 4.74 Å². The van der Waals surface area contributed by atoms with Gasteiger partial charge in [0.25, 0.3) is 5.56 Å². The molecule has 3 nitrogen and oxygen atoms in total. The Bertz CT molecular complexity index is 574. The zero-order valence-electron chi connectivity index (χ0n) is 11.4. The third-order valence-electron chi connectivity index (χ3n) is 3.22. The van der Waals surface area contributed by atoms with Crippen molar-refractivity contribution < 1.29 is 4.74 Å². The molecule has 0 aliphatic carbocycles. The predicted octanol–water partition coefficient (Wildman–Crippen LogP) is 3.88. The molecule has 0 saturated heterocycles. The van der Waals surface area contributed by atoms with Crippen LogP contribution in [0.2, 0.25) is 0 Å². The smallest absolute Gasteiger partial charge is 0.252 e. The fraction of sp³-hybridized carbons (Fsp3) is 0.438. The van der Waals surface area contributed by atoms with Crippen LogP contribution in [0.5, 0.6) is 5.75 Å². The van der Waals surface area contributed by atoms with E-state index in [1.54, 1.807) is 0 Å². The van der Waals surface area contributed by atoms with Crippen molar-refractivity contribution in [1.82, 2.24) is 4.98 Å². The molecule has 0 bridgehead atoms. The van der Waals surface area contributed by atoms with Crippen molar-refractivity contribution in [2.45, 2.75) is 39.0 Å². The van der Waals surface area contributed by atoms with Crippen molar-refractivity contribution in [3.05, 3.63) is 40.7 Å². The monoisotopic (exact) mass is 259 g/mol. The second-order valence-corrected chi connectivity index (χ2v) is 4.81. The van der Waals surface area contributed by atoms with E-state index >= 15 is 0 Å². The molecule has 0 spiro atoms. The maximum Gasteiger partial charge on any atom is 0.252 e. The number of aromatic nitrogens is 1. The van der Waals surface area contributed by atoms with Gasteiger partial charge in [-0.15, -0.1) is 0 Å². The van der Waals surface area contributed by atoms with Crippen molar-refractivity contribution in [2.75, 3.05) is 6.61 Å². The molecule has 0 aliphatic heterocycles. The molecule has 1 N–H and O–H groups in total. The van der Waals surface area contributed by atoms with Crippen LogP contribution in [0.4, 0.5) is 0 Å². The van der Waals surface area contributed by atoms with E-state index in [0.29, 0.717) is 12.4 Å². The van der Waals surface area contributed by atoms with Gasteiger partial charge >= 0.3 is 0 Å². The second kappa shape index (κ2) is 6.98. The van der Waals surface area contributed by atoms with Gasteiger partial charge in [0.05, 0.1) is 12.1 Å². The van der Waals surface area contributed by atoms with Crippen LogP contribution in [-0.4, -0.2) is 11.6 Å². The van der Waals surface area contributed by atoms with Crippen LogP contribution in [0, 0.1) is 0 Å². The van der Waals surface area contributed by atoms with Crippen LogP contribution in [0.3, 0.4) is 0 Å². The lowest BCUT2D eigenvalue weighted by Crippen LogP contribution is -2.07. The first kappa shape index (κ1) is 13.7. The third kappa shape index (κ3) is 3.85. The Morgan fingerprint density at radius 3 is 2.74 bits per heavy atom. The maximum atomic E-state index is 11.5. The Kier molecular flexibility index (Phi) is 5.01. The fourth-order valence-corrected chi connectivity index (χ4v) is 2.18. The highest BCUT2D eigenvalue weighted by molar-refractivity contribution is 5.84. The number of aromatic amines is 1. The fourth-order valence-electron chi connectivity index (χ4n) is 2.18. The van der Waals surface area contributed by atoms with Gasteiger partial charge in [-0.25, -0.2) is 0 Å². The molecule has 3 heteroatoms. The van der Waals surface area contributed by atoms with Crippen LogP contribution in [0.25, 0.3) is 10.9 Å². The van der Waals surface area contributed by atoms with Gasteiger partial charge in [-0.05, 0) is 18.6 Å². The number of para-hydroxylation sites is 1. The van der Waals surface area contributed by atoms with Crippen LogP contribution >= 0.6 is 0 Å². The number of H-pyrrole nitrogens is 1. The van der Waals surface area contributed by atoms with Crippen LogP contribution < -0.4 is 10.3 Å². The largest absolute Gasteiger partial charge is 0.493 e. The first-order valence-electron chi connectivity index (χ1n) is 7.06. The van der Waals surface area contributed by atoms with Gasteiger partial charge in [0.2, 0.25) is 0 Å². The summed E-state index contributed by atoms with van der Waals surface area (Å²) < 4.78 is 5.76. The van der Waals surface area contributed by atoms with E-state index in [2.05, 4.69) is 11.9 Å². The van der Waals surface area contributed by atoms with Gasteiger partial charge in [-0.1, -0.05) is 44.7 Å². The lowest BCUT2D eigenvalue weighted by Gasteiger charge is -2.08. The number of hydrogen-bond donors (Lipinski definition) is 1. The van der Waals surface area contributed by atoms with Gasteiger partial charge < -0.3 is 9.72 Å². The van der Waals surface area contributed by atoms with Crippen molar-refractivity contribution in [2.24, 2.45) is 0 Å². The first-order chi connectivity index (χ1) is 9.31. The molecular weight excluding hydrogens is 238 g/mol. The summed E-state index contributed by atoms with van der Waals surface area (Å²) in [5, 5.41) is 0.968. The molecule has 1 aromatic carbocycles. The van der Waals surface area contributed by atoms with Gasteiger partial charge in [-0.3, -0.25) is 4.79 Å². The average molecular weight is 259 g/mol. The molecule has 1 heterocycles. The zero-order chi connectivity index (χ0) is 13.5. The molecule has 19 heavy (non-hydrogen) atoms. The standard InChI is InChI=1S/C16H21NO2/c1-2-3-4-5-8-11-19-15-12-16(18)17-14-10-7-6-9-13(14)15/h6-7,9-10,12H,2-5,8,11H2,1H3,(H,17,18). The minimum atomic E-state index is -0.111. The highest BCUT2D eigenvalue weighted by atomic mass is 16.5. The van der Waals surface area contributed by atoms with E-state index in [9.17, 15) is 4.79 Å². The summed E-state index contributed by atoms with van der Waals surface area (Å²) in [5.74, 6) is 0.690. The number of nitrogens with one attached hydrogen (secondary N) is 1. The number of pyridine rings is 1. The SMILES string of the molecule is CCCCCCCOc1cc(=O)[nH]c2ccccc12. The number of rotatable bonds is 7. The van der Waals surface area contributed by atoms with Gasteiger partial charge in [0, 0.05) is 11.5 Å². The highest BCUT2D eigenvalue weighted by Crippen LogP contribution is 2.21. The topological polar surface area (TPSA) is 42.1 Å². The van der Waals surface area contributed by atoms with Gasteiger partial charge in [-0.2, -0.15) is 0 Å². The lowest BCUT2D eigenvalue weighted by atomic mass is 10.2. The van der Waals surface area contributed by atoms with Gasteiger partial charge in [0.15, 0.2) is 0 Å². The Balaban J connectivity index is 1.98. The van der Waals surface area contributed by atoms with Crippen molar-refractivity contribution >= 4 is 10.9 Å². The Hall–Kier alpha value is -1.77. The summed E-state index contributed by atoms with van der Waals surface area (Å²) >= 11 is 0. The molecular formula is C16H21NO2. The van der Waals surface area contributed by atoms with E-state index in [1.165, 1.54) is 31.7 Å². The maximum absolute atomic E-state index is 11.5. The minimum Gasteiger partial charge on any atom is -0.493 e. The van der Waals surface area contributed by atoms with Crippen molar-refractivity contribution in [1.29, 1.82) is 0 Å². The number of benzene rings is 1. The molecule has 0 fully saturated rings. The number of ether oxygens (including phenoxy) is 1. The molecule has 2 aromatic rings. The van der Waals surface area contributed by atoms with Crippen LogP contribution in [0.15, 0.2) is 35.1 Å². The van der Waals surface area contributed by atoms with E-state index in [1.807, 2.05) is 24.3 Å². The molecule has 0 amide bonds. The number of unbranched alkanes of at least 4 members (excludes halogenated alkanes) is 4. The minimum absolute atomic E-state index is 0.111. The third-order valence-corrected chi connectivity index (χ3v) is 3.22. The van der Waals surface area contributed by atoms with Crippen molar-refractivity contribution in [3.63, 3.8) is 0 Å². The first-order valence-corrected chi connectivity index (χ1v) is 7.06. The molecule has 1 aromatic heterocycles. The zero-order valence-corrected chi connectivity index (χ0v) is 11.4. The van der Waals surface area contributed by atoms with Crippen molar-refractivity contribution in [3.8, 4) is 5.75 Å². The van der Waals surface area contributed by atoms with E-state index in [0.717, 1.165) is 17.3 Å². The quantitative estimate of drug-likeness (QED) is 0.767. The molecule has 0 radical (unpaired) electrons. The predicted molar refractivity (Wildman–Crippen MR) is 78.8 cm³/mol. The molecule has 2 rings (SSSR count). The molecule has 0 atom stereocenters. The number of fused-ring (bicyclic) bond motifs is 1. The Morgan fingerprint density at radius 2 is 1.89 bits per heavy atom. The van der Waals surface area contributed by atoms with E-state index < -0.39 is 0 Å². The van der Waals surface area contributed by atoms with Crippen LogP contribution in [-0.2, 0) is 0 Å². The molecule has 102 valence electrons. The van der Waals surface area contributed by atoms with Gasteiger partial charge in [0.1, 0.15) is 5.75 Å². The normalized spacial score (nSPS) is 10.8. The van der Waals surface area contributed by atoms with E-state index in [-0.39, 0.29) is 5.56 Å². The summed E-state index contributed by atoms with van der Waals surface area (Å²) in [7, 11) is 0. The lowest BCUT2D eigenvalue weighted by molar-refractivity contribution is 0.307. The molecule has 0 aliphatic rings. The summed E-state index contributed by atoms with van der Waals surface area (Å²) in [6, 6.07) is 9.26. The second-order valence-electron chi connectivity index (χ2n) is 4.81. The summed E-state index contributed by atoms with van der Waals surface area (Å²) in [5.41, 5.74) is 0.718. The summed E-state index contributed by atoms with van der Waals surface area (Å²) in [6.45, 7) is 2.88. The van der Waals surface area contributed by atoms with Crippen LogP contribution in [0.1, 0.15) is 39.0 Å². The number of hydrogen-bond acceptors (Lipinski definition) is 2. The Labute approximate surface area is 113 Å². The average Bonchev–Trinajstić information content (AvgIpc) is 2.42.